The molecule has 0 aromatic carbocycles. The molecule has 0 radical (unpaired) electrons. The molecule has 1 amide bonds. The number of amides is 1. The van der Waals surface area contributed by atoms with Crippen LogP contribution in [-0.4, -0.2) is 39.5 Å². The monoisotopic (exact) mass is 434 g/mol. The predicted octanol–water partition coefficient (Wildman–Crippen LogP) is 4.26. The smallest absolute Gasteiger partial charge is 0.340 e. The minimum atomic E-state index is -0.466. The van der Waals surface area contributed by atoms with Crippen LogP contribution in [-0.2, 0) is 16.0 Å². The van der Waals surface area contributed by atoms with Gasteiger partial charge in [0.05, 0.1) is 24.7 Å². The fraction of sp³-hybridized carbons (Fsp3) is 0.368. The fourth-order valence-corrected chi connectivity index (χ4v) is 4.55. The summed E-state index contributed by atoms with van der Waals surface area (Å²) >= 11 is 2.65. The minimum absolute atomic E-state index is 0.0889. The van der Waals surface area contributed by atoms with Crippen molar-refractivity contribution in [2.75, 3.05) is 18.2 Å². The van der Waals surface area contributed by atoms with E-state index < -0.39 is 5.97 Å². The molecule has 8 nitrogen and oxygen atoms in total. The van der Waals surface area contributed by atoms with Gasteiger partial charge in [-0.1, -0.05) is 18.7 Å². The van der Waals surface area contributed by atoms with Gasteiger partial charge in [-0.3, -0.25) is 9.36 Å². The van der Waals surface area contributed by atoms with Crippen LogP contribution in [0, 0.1) is 0 Å². The molecule has 3 heterocycles. The van der Waals surface area contributed by atoms with E-state index in [1.807, 2.05) is 31.4 Å². The van der Waals surface area contributed by atoms with E-state index in [9.17, 15) is 9.59 Å². The molecule has 3 aromatic rings. The van der Waals surface area contributed by atoms with Gasteiger partial charge in [0.2, 0.25) is 11.7 Å². The van der Waals surface area contributed by atoms with Crippen molar-refractivity contribution in [3.05, 3.63) is 34.9 Å². The molecule has 0 saturated carbocycles. The zero-order valence-corrected chi connectivity index (χ0v) is 18.2. The van der Waals surface area contributed by atoms with Crippen LogP contribution in [0.4, 0.5) is 5.00 Å². The number of nitrogens with zero attached hydrogens (tertiary/aromatic N) is 3. The second-order valence-corrected chi connectivity index (χ2v) is 8.46. The van der Waals surface area contributed by atoms with E-state index in [2.05, 4.69) is 15.5 Å². The zero-order valence-electron chi connectivity index (χ0n) is 16.6. The van der Waals surface area contributed by atoms with Crippen molar-refractivity contribution in [2.45, 2.75) is 38.4 Å². The van der Waals surface area contributed by atoms with Gasteiger partial charge in [0.1, 0.15) is 5.00 Å². The summed E-state index contributed by atoms with van der Waals surface area (Å²) in [5.41, 5.74) is 0.373. The van der Waals surface area contributed by atoms with E-state index in [1.165, 1.54) is 30.2 Å². The number of esters is 1. The molecular formula is C19H22N4O4S2. The highest BCUT2D eigenvalue weighted by molar-refractivity contribution is 7.99. The lowest BCUT2D eigenvalue weighted by Crippen LogP contribution is -2.16. The number of carbonyl (C=O) groups is 2. The van der Waals surface area contributed by atoms with Gasteiger partial charge in [0, 0.05) is 10.9 Å². The Balaban J connectivity index is 1.72. The highest BCUT2D eigenvalue weighted by Gasteiger charge is 2.21. The van der Waals surface area contributed by atoms with Gasteiger partial charge < -0.3 is 14.5 Å². The van der Waals surface area contributed by atoms with Crippen molar-refractivity contribution in [1.29, 1.82) is 0 Å². The Morgan fingerprint density at radius 2 is 2.17 bits per heavy atom. The topological polar surface area (TPSA) is 99.2 Å². The quantitative estimate of drug-likeness (QED) is 0.418. The number of anilines is 1. The van der Waals surface area contributed by atoms with Gasteiger partial charge in [0.15, 0.2) is 10.9 Å². The first-order valence-electron chi connectivity index (χ1n) is 9.07. The van der Waals surface area contributed by atoms with Crippen LogP contribution in [0.1, 0.15) is 42.0 Å². The lowest BCUT2D eigenvalue weighted by molar-refractivity contribution is -0.113. The Labute approximate surface area is 176 Å². The van der Waals surface area contributed by atoms with Crippen LogP contribution in [0.2, 0.25) is 0 Å². The molecule has 0 aliphatic carbocycles. The first kappa shape index (κ1) is 21.1. The highest BCUT2D eigenvalue weighted by atomic mass is 32.2. The highest BCUT2D eigenvalue weighted by Crippen LogP contribution is 2.31. The summed E-state index contributed by atoms with van der Waals surface area (Å²) in [6.07, 6.45) is 2.35. The summed E-state index contributed by atoms with van der Waals surface area (Å²) in [5.74, 6) is 0.667. The Morgan fingerprint density at radius 1 is 1.38 bits per heavy atom. The maximum atomic E-state index is 12.5. The van der Waals surface area contributed by atoms with E-state index in [4.69, 9.17) is 9.15 Å². The number of aromatic nitrogens is 3. The third-order valence-electron chi connectivity index (χ3n) is 4.04. The summed E-state index contributed by atoms with van der Waals surface area (Å²) in [7, 11) is 1.32. The number of methoxy groups -OCH3 is 1. The van der Waals surface area contributed by atoms with Gasteiger partial charge in [0.25, 0.3) is 0 Å². The molecule has 29 heavy (non-hydrogen) atoms. The molecule has 0 unspecified atom stereocenters. The Kier molecular flexibility index (Phi) is 6.75. The number of hydrogen-bond donors (Lipinski definition) is 1. The first-order chi connectivity index (χ1) is 13.9. The predicted molar refractivity (Wildman–Crippen MR) is 112 cm³/mol. The normalized spacial score (nSPS) is 11.1. The van der Waals surface area contributed by atoms with E-state index in [0.717, 1.165) is 11.3 Å². The molecule has 3 rings (SSSR count). The average molecular weight is 435 g/mol. The Morgan fingerprint density at radius 3 is 2.79 bits per heavy atom. The van der Waals surface area contributed by atoms with Crippen LogP contribution >= 0.6 is 23.1 Å². The first-order valence-corrected chi connectivity index (χ1v) is 10.9. The number of carbonyl (C=O) groups excluding carboxylic acids is 2. The van der Waals surface area contributed by atoms with Crippen LogP contribution in [0.3, 0.4) is 0 Å². The summed E-state index contributed by atoms with van der Waals surface area (Å²) in [6, 6.07) is 5.45. The number of aryl methyl sites for hydroxylation is 1. The lowest BCUT2D eigenvalue weighted by Gasteiger charge is -2.12. The van der Waals surface area contributed by atoms with Gasteiger partial charge in [-0.2, -0.15) is 0 Å². The molecule has 0 saturated heterocycles. The van der Waals surface area contributed by atoms with Crippen LogP contribution in [0.15, 0.2) is 34.0 Å². The van der Waals surface area contributed by atoms with Crippen molar-refractivity contribution in [2.24, 2.45) is 0 Å². The van der Waals surface area contributed by atoms with Gasteiger partial charge >= 0.3 is 5.97 Å². The fourth-order valence-electron chi connectivity index (χ4n) is 2.68. The Bertz CT molecular complexity index is 992. The summed E-state index contributed by atoms with van der Waals surface area (Å²) in [6.45, 7) is 6.02. The molecule has 3 aromatic heterocycles. The second kappa shape index (κ2) is 9.27. The number of rotatable bonds is 8. The van der Waals surface area contributed by atoms with E-state index >= 15 is 0 Å². The number of thioether (sulfide) groups is 1. The SMILES string of the molecule is CCc1cc(C(=O)OC)c(NC(=O)CSc2nnc(-c3ccco3)n2C(C)C)s1. The summed E-state index contributed by atoms with van der Waals surface area (Å²) in [5, 5.41) is 12.4. The second-order valence-electron chi connectivity index (χ2n) is 6.38. The number of hydrogen-bond acceptors (Lipinski definition) is 8. The van der Waals surface area contributed by atoms with E-state index in [-0.39, 0.29) is 17.7 Å². The van der Waals surface area contributed by atoms with E-state index in [0.29, 0.717) is 27.3 Å². The van der Waals surface area contributed by atoms with Crippen molar-refractivity contribution >= 4 is 40.0 Å². The zero-order chi connectivity index (χ0) is 21.0. The standard InChI is InChI=1S/C19H22N4O4S2/c1-5-12-9-13(18(25)26-4)17(29-12)20-15(24)10-28-19-22-21-16(23(19)11(2)3)14-7-6-8-27-14/h6-9,11H,5,10H2,1-4H3,(H,20,24). The number of thiophene rings is 1. The minimum Gasteiger partial charge on any atom is -0.465 e. The van der Waals surface area contributed by atoms with Crippen molar-refractivity contribution in [3.8, 4) is 11.6 Å². The molecule has 154 valence electrons. The average Bonchev–Trinajstić information content (AvgIpc) is 3.44. The molecule has 0 atom stereocenters. The molecular weight excluding hydrogens is 412 g/mol. The van der Waals surface area contributed by atoms with Crippen molar-refractivity contribution in [3.63, 3.8) is 0 Å². The van der Waals surface area contributed by atoms with Gasteiger partial charge in [-0.25, -0.2) is 4.79 Å². The largest absolute Gasteiger partial charge is 0.465 e. The number of ether oxygens (including phenoxy) is 1. The molecule has 1 N–H and O–H groups in total. The maximum absolute atomic E-state index is 12.5. The van der Waals surface area contributed by atoms with E-state index in [1.54, 1.807) is 18.4 Å². The summed E-state index contributed by atoms with van der Waals surface area (Å²) in [4.78, 5) is 25.5. The van der Waals surface area contributed by atoms with Crippen LogP contribution in [0.25, 0.3) is 11.6 Å². The number of furan rings is 1. The van der Waals surface area contributed by atoms with Crippen LogP contribution in [0.5, 0.6) is 0 Å². The molecule has 0 fully saturated rings. The third-order valence-corrected chi connectivity index (χ3v) is 6.18. The molecule has 0 aliphatic heterocycles. The number of nitrogens with one attached hydrogen (secondary N) is 1. The van der Waals surface area contributed by atoms with Gasteiger partial charge in [-0.05, 0) is 38.5 Å². The van der Waals surface area contributed by atoms with Crippen molar-refractivity contribution in [1.82, 2.24) is 14.8 Å². The van der Waals surface area contributed by atoms with Crippen LogP contribution < -0.4 is 5.32 Å². The summed E-state index contributed by atoms with van der Waals surface area (Å²) < 4.78 is 12.2. The van der Waals surface area contributed by atoms with Crippen molar-refractivity contribution < 1.29 is 18.7 Å². The Hall–Kier alpha value is -2.59. The van der Waals surface area contributed by atoms with Gasteiger partial charge in [-0.15, -0.1) is 21.5 Å². The third kappa shape index (κ3) is 4.70. The molecule has 0 spiro atoms. The maximum Gasteiger partial charge on any atom is 0.340 e. The molecule has 0 aliphatic rings. The molecule has 10 heteroatoms. The lowest BCUT2D eigenvalue weighted by atomic mass is 10.2. The molecule has 0 bridgehead atoms.